The number of carbonyl (C=O) groups is 1. The number of sulfonamides is 1. The van der Waals surface area contributed by atoms with E-state index in [9.17, 15) is 13.2 Å². The van der Waals surface area contributed by atoms with Crippen LogP contribution in [0.1, 0.15) is 24.1 Å². The number of nitriles is 1. The average Bonchev–Trinajstić information content (AvgIpc) is 2.71. The third kappa shape index (κ3) is 5.00. The van der Waals surface area contributed by atoms with E-state index >= 15 is 0 Å². The Balaban J connectivity index is 2.07. The van der Waals surface area contributed by atoms with Crippen LogP contribution in [0.5, 0.6) is 11.5 Å². The summed E-state index contributed by atoms with van der Waals surface area (Å²) >= 11 is 0. The van der Waals surface area contributed by atoms with Crippen LogP contribution in [0.2, 0.25) is 0 Å². The van der Waals surface area contributed by atoms with Crippen LogP contribution in [-0.2, 0) is 14.8 Å². The van der Waals surface area contributed by atoms with E-state index in [1.165, 1.54) is 32.4 Å². The van der Waals surface area contributed by atoms with Crippen molar-refractivity contribution in [2.75, 3.05) is 20.8 Å². The highest BCUT2D eigenvalue weighted by atomic mass is 32.2. The largest absolute Gasteiger partial charge is 0.497 e. The van der Waals surface area contributed by atoms with Crippen molar-refractivity contribution in [3.63, 3.8) is 0 Å². The Kier molecular flexibility index (Phi) is 6.98. The van der Waals surface area contributed by atoms with Crippen LogP contribution < -0.4 is 19.5 Å². The van der Waals surface area contributed by atoms with Gasteiger partial charge in [-0.3, -0.25) is 4.79 Å². The Bertz CT molecular complexity index is 999. The minimum absolute atomic E-state index is 0.00453. The first-order chi connectivity index (χ1) is 13.3. The summed E-state index contributed by atoms with van der Waals surface area (Å²) in [7, 11) is -0.955. The smallest absolute Gasteiger partial charge is 0.242 e. The number of rotatable bonds is 8. The summed E-state index contributed by atoms with van der Waals surface area (Å²) in [5.74, 6) is 0.637. The van der Waals surface area contributed by atoms with Crippen molar-refractivity contribution in [1.82, 2.24) is 10.0 Å². The summed E-state index contributed by atoms with van der Waals surface area (Å²) in [5.41, 5.74) is 0.692. The van der Waals surface area contributed by atoms with Gasteiger partial charge in [0.1, 0.15) is 17.6 Å². The first-order valence-electron chi connectivity index (χ1n) is 8.32. The maximum absolute atomic E-state index is 12.4. The third-order valence-corrected chi connectivity index (χ3v) is 5.46. The summed E-state index contributed by atoms with van der Waals surface area (Å²) in [5, 5.41) is 11.8. The maximum atomic E-state index is 12.4. The predicted octanol–water partition coefficient (Wildman–Crippen LogP) is 1.73. The van der Waals surface area contributed by atoms with Crippen molar-refractivity contribution in [3.8, 4) is 17.6 Å². The molecule has 1 amide bonds. The first-order valence-corrected chi connectivity index (χ1v) is 9.80. The molecule has 0 aliphatic heterocycles. The molecule has 0 aliphatic rings. The van der Waals surface area contributed by atoms with Crippen LogP contribution in [0.15, 0.2) is 47.4 Å². The summed E-state index contributed by atoms with van der Waals surface area (Å²) < 4.78 is 37.4. The lowest BCUT2D eigenvalue weighted by atomic mass is 10.1. The zero-order valence-corrected chi connectivity index (χ0v) is 16.5. The minimum Gasteiger partial charge on any atom is -0.497 e. The van der Waals surface area contributed by atoms with Gasteiger partial charge in [0.25, 0.3) is 0 Å². The highest BCUT2D eigenvalue weighted by Gasteiger charge is 2.20. The van der Waals surface area contributed by atoms with Crippen LogP contribution in [0.3, 0.4) is 0 Å². The van der Waals surface area contributed by atoms with Gasteiger partial charge in [0.05, 0.1) is 37.3 Å². The molecule has 0 unspecified atom stereocenters. The second kappa shape index (κ2) is 9.21. The number of amides is 1. The lowest BCUT2D eigenvalue weighted by Crippen LogP contribution is -2.38. The number of benzene rings is 2. The van der Waals surface area contributed by atoms with E-state index in [0.29, 0.717) is 17.1 Å². The molecule has 0 aliphatic carbocycles. The van der Waals surface area contributed by atoms with Crippen molar-refractivity contribution in [2.45, 2.75) is 17.9 Å². The van der Waals surface area contributed by atoms with Gasteiger partial charge in [-0.25, -0.2) is 13.1 Å². The lowest BCUT2D eigenvalue weighted by Gasteiger charge is -2.18. The SMILES string of the molecule is COc1ccc(OC)c([C@@H](C)NC(=O)CNS(=O)(=O)c2ccccc2C#N)c1. The molecule has 0 fully saturated rings. The summed E-state index contributed by atoms with van der Waals surface area (Å²) in [4.78, 5) is 12.1. The second-order valence-electron chi connectivity index (χ2n) is 5.83. The molecular formula is C19H21N3O5S. The molecule has 1 atom stereocenters. The molecule has 0 heterocycles. The fourth-order valence-corrected chi connectivity index (χ4v) is 3.72. The number of hydrogen-bond acceptors (Lipinski definition) is 6. The molecule has 0 aromatic heterocycles. The molecule has 0 bridgehead atoms. The number of methoxy groups -OCH3 is 2. The van der Waals surface area contributed by atoms with Crippen LogP contribution in [0, 0.1) is 11.3 Å². The lowest BCUT2D eigenvalue weighted by molar-refractivity contribution is -0.120. The summed E-state index contributed by atoms with van der Waals surface area (Å²) in [6, 6.07) is 12.3. The van der Waals surface area contributed by atoms with Gasteiger partial charge in [-0.1, -0.05) is 12.1 Å². The van der Waals surface area contributed by atoms with Crippen molar-refractivity contribution in [1.29, 1.82) is 5.26 Å². The normalized spacial score (nSPS) is 11.9. The van der Waals surface area contributed by atoms with E-state index in [1.54, 1.807) is 31.2 Å². The standard InChI is InChI=1S/C19H21N3O5S/c1-13(16-10-15(26-2)8-9-17(16)27-3)22-19(23)12-21-28(24,25)18-7-5-4-6-14(18)11-20/h4-10,13,21H,12H2,1-3H3,(H,22,23)/t13-/m1/s1. The van der Waals surface area contributed by atoms with Gasteiger partial charge in [0.2, 0.25) is 15.9 Å². The maximum Gasteiger partial charge on any atom is 0.242 e. The Morgan fingerprint density at radius 2 is 1.89 bits per heavy atom. The van der Waals surface area contributed by atoms with Gasteiger partial charge < -0.3 is 14.8 Å². The van der Waals surface area contributed by atoms with E-state index < -0.39 is 28.5 Å². The predicted molar refractivity (Wildman–Crippen MR) is 102 cm³/mol. The topological polar surface area (TPSA) is 118 Å². The highest BCUT2D eigenvalue weighted by Crippen LogP contribution is 2.29. The molecule has 2 N–H and O–H groups in total. The monoisotopic (exact) mass is 403 g/mol. The Morgan fingerprint density at radius 1 is 1.18 bits per heavy atom. The van der Waals surface area contributed by atoms with Crippen LogP contribution in [0.25, 0.3) is 0 Å². The molecule has 9 heteroatoms. The summed E-state index contributed by atoms with van der Waals surface area (Å²) in [6.07, 6.45) is 0. The zero-order chi connectivity index (χ0) is 20.7. The van der Waals surface area contributed by atoms with Crippen molar-refractivity contribution in [3.05, 3.63) is 53.6 Å². The van der Waals surface area contributed by atoms with Crippen molar-refractivity contribution < 1.29 is 22.7 Å². The molecule has 0 radical (unpaired) electrons. The number of ether oxygens (including phenoxy) is 2. The van der Waals surface area contributed by atoms with Crippen molar-refractivity contribution >= 4 is 15.9 Å². The van der Waals surface area contributed by atoms with E-state index in [-0.39, 0.29) is 10.5 Å². The molecule has 2 aromatic rings. The van der Waals surface area contributed by atoms with Gasteiger partial charge in [-0.2, -0.15) is 5.26 Å². The molecule has 2 aromatic carbocycles. The van der Waals surface area contributed by atoms with Gasteiger partial charge >= 0.3 is 0 Å². The van der Waals surface area contributed by atoms with E-state index in [4.69, 9.17) is 14.7 Å². The van der Waals surface area contributed by atoms with Gasteiger partial charge in [0.15, 0.2) is 0 Å². The molecule has 8 nitrogen and oxygen atoms in total. The Morgan fingerprint density at radius 3 is 2.54 bits per heavy atom. The Labute approximate surface area is 164 Å². The quantitative estimate of drug-likeness (QED) is 0.693. The minimum atomic E-state index is -4.00. The molecule has 2 rings (SSSR count). The zero-order valence-electron chi connectivity index (χ0n) is 15.7. The average molecular weight is 403 g/mol. The molecule has 0 saturated carbocycles. The molecule has 0 saturated heterocycles. The van der Waals surface area contributed by atoms with Gasteiger partial charge in [-0.05, 0) is 37.3 Å². The fourth-order valence-electron chi connectivity index (χ4n) is 2.58. The van der Waals surface area contributed by atoms with E-state index in [0.717, 1.165) is 0 Å². The Hall–Kier alpha value is -3.09. The molecule has 0 spiro atoms. The number of hydrogen-bond donors (Lipinski definition) is 2. The molecule has 148 valence electrons. The molecule has 28 heavy (non-hydrogen) atoms. The van der Waals surface area contributed by atoms with Gasteiger partial charge in [0, 0.05) is 5.56 Å². The van der Waals surface area contributed by atoms with E-state index in [1.807, 2.05) is 6.07 Å². The van der Waals surface area contributed by atoms with Crippen LogP contribution >= 0.6 is 0 Å². The fraction of sp³-hybridized carbons (Fsp3) is 0.263. The van der Waals surface area contributed by atoms with Crippen molar-refractivity contribution in [2.24, 2.45) is 0 Å². The highest BCUT2D eigenvalue weighted by molar-refractivity contribution is 7.89. The van der Waals surface area contributed by atoms with Gasteiger partial charge in [-0.15, -0.1) is 0 Å². The van der Waals surface area contributed by atoms with Crippen LogP contribution in [-0.4, -0.2) is 35.1 Å². The molecular weight excluding hydrogens is 382 g/mol. The second-order valence-corrected chi connectivity index (χ2v) is 7.56. The van der Waals surface area contributed by atoms with E-state index in [2.05, 4.69) is 10.0 Å². The summed E-state index contributed by atoms with van der Waals surface area (Å²) in [6.45, 7) is 1.27. The van der Waals surface area contributed by atoms with Crippen LogP contribution in [0.4, 0.5) is 0 Å². The number of nitrogens with zero attached hydrogens (tertiary/aromatic N) is 1. The third-order valence-electron chi connectivity index (χ3n) is 4.00. The first kappa shape index (κ1) is 21.2. The number of nitrogens with one attached hydrogen (secondary N) is 2. The number of carbonyl (C=O) groups excluding carboxylic acids is 1.